The zero-order valence-electron chi connectivity index (χ0n) is 14.1. The lowest BCUT2D eigenvalue weighted by atomic mass is 10.2. The summed E-state index contributed by atoms with van der Waals surface area (Å²) in [5.74, 6) is 0.649. The van der Waals surface area contributed by atoms with Crippen LogP contribution in [0.1, 0.15) is 38.6 Å². The zero-order valence-corrected chi connectivity index (χ0v) is 14.1. The monoisotopic (exact) mass is 293 g/mol. The van der Waals surface area contributed by atoms with Gasteiger partial charge in [-0.15, -0.1) is 0 Å². The van der Waals surface area contributed by atoms with E-state index in [2.05, 4.69) is 49.2 Å². The Hall–Kier alpha value is -0.970. The van der Waals surface area contributed by atoms with E-state index in [-0.39, 0.29) is 0 Å². The number of rotatable bonds is 11. The number of nitrogens with one attached hydrogen (secondary N) is 1. The van der Waals surface area contributed by atoms with Crippen molar-refractivity contribution in [3.8, 4) is 0 Å². The van der Waals surface area contributed by atoms with Crippen LogP contribution in [0, 0.1) is 5.92 Å². The molecule has 1 N–H and O–H groups in total. The molecule has 0 bridgehead atoms. The summed E-state index contributed by atoms with van der Waals surface area (Å²) in [6.07, 6.45) is 1.15. The lowest BCUT2D eigenvalue weighted by molar-refractivity contribution is 0.135. The minimum Gasteiger partial charge on any atom is -0.383 e. The minimum atomic E-state index is 0.649. The van der Waals surface area contributed by atoms with Crippen LogP contribution in [0.5, 0.6) is 0 Å². The summed E-state index contributed by atoms with van der Waals surface area (Å²) in [5.41, 5.74) is 2.26. The van der Waals surface area contributed by atoms with E-state index in [1.807, 2.05) is 0 Å². The van der Waals surface area contributed by atoms with E-state index in [1.54, 1.807) is 7.11 Å². The van der Waals surface area contributed by atoms with Crippen molar-refractivity contribution in [1.29, 1.82) is 0 Å². The minimum absolute atomic E-state index is 0.649. The van der Waals surface area contributed by atoms with Crippen molar-refractivity contribution in [2.75, 3.05) is 33.4 Å². The first kappa shape index (κ1) is 18.1. The summed E-state index contributed by atoms with van der Waals surface area (Å²) in [4.78, 5) is 7.17. The Labute approximate surface area is 129 Å². The Morgan fingerprint density at radius 1 is 1.29 bits per heavy atom. The zero-order chi connectivity index (χ0) is 15.5. The average molecular weight is 293 g/mol. The van der Waals surface area contributed by atoms with Crippen molar-refractivity contribution in [2.24, 2.45) is 5.92 Å². The predicted molar refractivity (Wildman–Crippen MR) is 88.2 cm³/mol. The molecule has 4 nitrogen and oxygen atoms in total. The van der Waals surface area contributed by atoms with Gasteiger partial charge in [0, 0.05) is 33.3 Å². The summed E-state index contributed by atoms with van der Waals surface area (Å²) in [5, 5.41) is 3.40. The molecule has 1 aromatic rings. The van der Waals surface area contributed by atoms with E-state index < -0.39 is 0 Å². The quantitative estimate of drug-likeness (QED) is 0.637. The third kappa shape index (κ3) is 8.15. The Morgan fingerprint density at radius 2 is 2.05 bits per heavy atom. The van der Waals surface area contributed by atoms with Gasteiger partial charge in [0.25, 0.3) is 0 Å². The van der Waals surface area contributed by atoms with Crippen LogP contribution >= 0.6 is 0 Å². The number of hydrogen-bond acceptors (Lipinski definition) is 4. The number of pyridine rings is 1. The second-order valence-corrected chi connectivity index (χ2v) is 5.92. The normalized spacial score (nSPS) is 11.5. The van der Waals surface area contributed by atoms with Crippen LogP contribution in [-0.4, -0.2) is 43.2 Å². The van der Waals surface area contributed by atoms with Crippen LogP contribution in [0.4, 0.5) is 0 Å². The molecule has 0 radical (unpaired) electrons. The molecular weight excluding hydrogens is 262 g/mol. The third-order valence-corrected chi connectivity index (χ3v) is 3.22. The third-order valence-electron chi connectivity index (χ3n) is 3.22. The van der Waals surface area contributed by atoms with Gasteiger partial charge < -0.3 is 10.1 Å². The number of ether oxygens (including phenoxy) is 1. The van der Waals surface area contributed by atoms with E-state index >= 15 is 0 Å². The molecule has 0 spiro atoms. The van der Waals surface area contributed by atoms with Crippen LogP contribution in [0.15, 0.2) is 18.2 Å². The fraction of sp³-hybridized carbons (Fsp3) is 0.706. The summed E-state index contributed by atoms with van der Waals surface area (Å²) < 4.78 is 5.21. The smallest absolute Gasteiger partial charge is 0.0589 e. The predicted octanol–water partition coefficient (Wildman–Crippen LogP) is 2.69. The molecule has 0 aliphatic rings. The van der Waals surface area contributed by atoms with Crippen molar-refractivity contribution in [3.05, 3.63) is 29.6 Å². The fourth-order valence-electron chi connectivity index (χ4n) is 2.31. The number of aromatic nitrogens is 1. The van der Waals surface area contributed by atoms with E-state index in [1.165, 1.54) is 0 Å². The Kier molecular flexibility index (Phi) is 9.22. The van der Waals surface area contributed by atoms with Gasteiger partial charge in [0.1, 0.15) is 0 Å². The maximum atomic E-state index is 5.21. The maximum absolute atomic E-state index is 5.21. The molecule has 0 aliphatic carbocycles. The van der Waals surface area contributed by atoms with Crippen LogP contribution < -0.4 is 5.32 Å². The van der Waals surface area contributed by atoms with Gasteiger partial charge in [0.15, 0.2) is 0 Å². The van der Waals surface area contributed by atoms with Crippen LogP contribution in [0.3, 0.4) is 0 Å². The van der Waals surface area contributed by atoms with E-state index in [4.69, 9.17) is 9.72 Å². The van der Waals surface area contributed by atoms with Crippen molar-refractivity contribution in [3.63, 3.8) is 0 Å². The SMILES string of the molecule is CCCNCc1cccc(CN(CCOC)CC(C)C)n1. The van der Waals surface area contributed by atoms with Gasteiger partial charge in [-0.2, -0.15) is 0 Å². The van der Waals surface area contributed by atoms with Gasteiger partial charge in [-0.25, -0.2) is 0 Å². The molecule has 0 fully saturated rings. The molecule has 0 aliphatic heterocycles. The molecule has 4 heteroatoms. The molecule has 0 unspecified atom stereocenters. The highest BCUT2D eigenvalue weighted by Gasteiger charge is 2.09. The first-order chi connectivity index (χ1) is 10.2. The summed E-state index contributed by atoms with van der Waals surface area (Å²) in [6.45, 7) is 12.3. The summed E-state index contributed by atoms with van der Waals surface area (Å²) in [6, 6.07) is 6.31. The van der Waals surface area contributed by atoms with E-state index in [0.29, 0.717) is 5.92 Å². The van der Waals surface area contributed by atoms with Gasteiger partial charge in [0.2, 0.25) is 0 Å². The Bertz CT molecular complexity index is 382. The molecule has 0 atom stereocenters. The highest BCUT2D eigenvalue weighted by atomic mass is 16.5. The van der Waals surface area contributed by atoms with Crippen molar-refractivity contribution >= 4 is 0 Å². The van der Waals surface area contributed by atoms with E-state index in [0.717, 1.165) is 57.1 Å². The van der Waals surface area contributed by atoms with E-state index in [9.17, 15) is 0 Å². The molecule has 1 heterocycles. The molecular formula is C17H31N3O. The molecule has 1 rings (SSSR count). The number of methoxy groups -OCH3 is 1. The van der Waals surface area contributed by atoms with Gasteiger partial charge in [0.05, 0.1) is 18.0 Å². The summed E-state index contributed by atoms with van der Waals surface area (Å²) >= 11 is 0. The summed E-state index contributed by atoms with van der Waals surface area (Å²) in [7, 11) is 1.76. The Balaban J connectivity index is 2.58. The second kappa shape index (κ2) is 10.7. The standard InChI is InChI=1S/C17H31N3O/c1-5-9-18-12-16-7-6-8-17(19-16)14-20(10-11-21-4)13-15(2)3/h6-8,15,18H,5,9-14H2,1-4H3. The Morgan fingerprint density at radius 3 is 2.71 bits per heavy atom. The molecule has 0 amide bonds. The number of hydrogen-bond donors (Lipinski definition) is 1. The molecule has 0 saturated carbocycles. The van der Waals surface area contributed by atoms with Gasteiger partial charge >= 0.3 is 0 Å². The van der Waals surface area contributed by atoms with Crippen LogP contribution in [0.2, 0.25) is 0 Å². The molecule has 1 aromatic heterocycles. The topological polar surface area (TPSA) is 37.4 Å². The largest absolute Gasteiger partial charge is 0.383 e. The second-order valence-electron chi connectivity index (χ2n) is 5.92. The van der Waals surface area contributed by atoms with Gasteiger partial charge in [-0.3, -0.25) is 9.88 Å². The molecule has 0 saturated heterocycles. The fourth-order valence-corrected chi connectivity index (χ4v) is 2.31. The highest BCUT2D eigenvalue weighted by molar-refractivity contribution is 5.11. The molecule has 21 heavy (non-hydrogen) atoms. The lowest BCUT2D eigenvalue weighted by Gasteiger charge is -2.23. The first-order valence-corrected chi connectivity index (χ1v) is 8.02. The first-order valence-electron chi connectivity index (χ1n) is 8.02. The van der Waals surface area contributed by atoms with Crippen LogP contribution in [0.25, 0.3) is 0 Å². The molecule has 0 aromatic carbocycles. The van der Waals surface area contributed by atoms with Crippen molar-refractivity contribution in [2.45, 2.75) is 40.3 Å². The van der Waals surface area contributed by atoms with Crippen molar-refractivity contribution < 1.29 is 4.74 Å². The average Bonchev–Trinajstić information content (AvgIpc) is 2.45. The van der Waals surface area contributed by atoms with Gasteiger partial charge in [-0.05, 0) is 31.0 Å². The van der Waals surface area contributed by atoms with Crippen LogP contribution in [-0.2, 0) is 17.8 Å². The van der Waals surface area contributed by atoms with Gasteiger partial charge in [-0.1, -0.05) is 26.8 Å². The molecule has 120 valence electrons. The van der Waals surface area contributed by atoms with Crippen molar-refractivity contribution in [1.82, 2.24) is 15.2 Å². The highest BCUT2D eigenvalue weighted by Crippen LogP contribution is 2.07. The number of nitrogens with zero attached hydrogens (tertiary/aromatic N) is 2. The maximum Gasteiger partial charge on any atom is 0.0589 e. The lowest BCUT2D eigenvalue weighted by Crippen LogP contribution is -2.31.